The number of alkyl carbamates (subject to hydrolysis) is 1. The average molecular weight is 467 g/mol. The Morgan fingerprint density at radius 1 is 1.28 bits per heavy atom. The highest BCUT2D eigenvalue weighted by atomic mass is 32.2. The van der Waals surface area contributed by atoms with Gasteiger partial charge in [-0.2, -0.15) is 0 Å². The number of hydrogen-bond acceptors (Lipinski definition) is 9. The zero-order chi connectivity index (χ0) is 24.1. The minimum atomic E-state index is -0.837. The van der Waals surface area contributed by atoms with Crippen LogP contribution < -0.4 is 10.2 Å². The molecule has 1 unspecified atom stereocenters. The standard InChI is InChI=1S/C22H34N4O5S/c1-8-9-10-30-18(28)15-11-16(27)14-12-23-19(32-7)24-17(14)26(15)13-22(5,6)25-20(29)31-21(2,3)4/h12,15H,8-11,13H2,1-7H3,(H,25,29). The van der Waals surface area contributed by atoms with E-state index in [0.717, 1.165) is 12.8 Å². The van der Waals surface area contributed by atoms with E-state index in [2.05, 4.69) is 15.3 Å². The van der Waals surface area contributed by atoms with Crippen molar-refractivity contribution in [3.8, 4) is 0 Å². The van der Waals surface area contributed by atoms with Crippen molar-refractivity contribution in [1.29, 1.82) is 0 Å². The van der Waals surface area contributed by atoms with Crippen LogP contribution >= 0.6 is 11.8 Å². The summed E-state index contributed by atoms with van der Waals surface area (Å²) in [5.41, 5.74) is -1.09. The molecule has 0 aliphatic carbocycles. The number of hydrogen-bond donors (Lipinski definition) is 1. The number of unbranched alkanes of at least 4 members (excludes halogenated alkanes) is 1. The van der Waals surface area contributed by atoms with Crippen molar-refractivity contribution in [3.05, 3.63) is 11.8 Å². The van der Waals surface area contributed by atoms with Gasteiger partial charge in [0, 0.05) is 19.2 Å². The van der Waals surface area contributed by atoms with Gasteiger partial charge in [-0.3, -0.25) is 4.79 Å². The average Bonchev–Trinajstić information content (AvgIpc) is 2.67. The van der Waals surface area contributed by atoms with Crippen LogP contribution in [0.4, 0.5) is 10.6 Å². The predicted molar refractivity (Wildman–Crippen MR) is 123 cm³/mol. The summed E-state index contributed by atoms with van der Waals surface area (Å²) < 4.78 is 10.8. The zero-order valence-electron chi connectivity index (χ0n) is 20.0. The molecule has 1 N–H and O–H groups in total. The third kappa shape index (κ3) is 7.08. The number of amides is 1. The number of carbonyl (C=O) groups excluding carboxylic acids is 3. The number of nitrogens with zero attached hydrogens (tertiary/aromatic N) is 3. The van der Waals surface area contributed by atoms with Gasteiger partial charge in [0.25, 0.3) is 0 Å². The molecular weight excluding hydrogens is 432 g/mol. The molecule has 10 heteroatoms. The smallest absolute Gasteiger partial charge is 0.408 e. The predicted octanol–water partition coefficient (Wildman–Crippen LogP) is 3.61. The molecule has 0 aromatic carbocycles. The molecule has 178 valence electrons. The Kier molecular flexibility index (Phi) is 8.50. The number of anilines is 1. The lowest BCUT2D eigenvalue weighted by molar-refractivity contribution is -0.145. The van der Waals surface area contributed by atoms with Gasteiger partial charge in [-0.15, -0.1) is 0 Å². The Morgan fingerprint density at radius 2 is 1.97 bits per heavy atom. The normalized spacial score (nSPS) is 16.4. The summed E-state index contributed by atoms with van der Waals surface area (Å²) >= 11 is 1.34. The van der Waals surface area contributed by atoms with Gasteiger partial charge >= 0.3 is 12.1 Å². The Labute approximate surface area is 194 Å². The van der Waals surface area contributed by atoms with Gasteiger partial charge in [0.05, 0.1) is 17.7 Å². The van der Waals surface area contributed by atoms with E-state index in [9.17, 15) is 14.4 Å². The summed E-state index contributed by atoms with van der Waals surface area (Å²) in [4.78, 5) is 48.5. The van der Waals surface area contributed by atoms with E-state index >= 15 is 0 Å². The molecular formula is C22H34N4O5S. The third-order valence-electron chi connectivity index (χ3n) is 4.68. The fourth-order valence-electron chi connectivity index (χ4n) is 3.27. The number of fused-ring (bicyclic) bond motifs is 1. The number of nitrogens with one attached hydrogen (secondary N) is 1. The first-order valence-corrected chi connectivity index (χ1v) is 12.0. The fraction of sp³-hybridized carbons (Fsp3) is 0.682. The van der Waals surface area contributed by atoms with Crippen molar-refractivity contribution in [2.24, 2.45) is 0 Å². The molecule has 2 heterocycles. The second kappa shape index (κ2) is 10.5. The highest BCUT2D eigenvalue weighted by Crippen LogP contribution is 2.32. The van der Waals surface area contributed by atoms with Crippen LogP contribution in [0.15, 0.2) is 11.4 Å². The van der Waals surface area contributed by atoms with Crippen LogP contribution in [0.25, 0.3) is 0 Å². The summed E-state index contributed by atoms with van der Waals surface area (Å²) in [7, 11) is 0. The van der Waals surface area contributed by atoms with E-state index in [1.807, 2.05) is 27.0 Å². The number of esters is 1. The maximum absolute atomic E-state index is 12.9. The molecule has 1 aromatic heterocycles. The highest BCUT2D eigenvalue weighted by molar-refractivity contribution is 7.98. The summed E-state index contributed by atoms with van der Waals surface area (Å²) in [6.07, 6.45) is 4.36. The quantitative estimate of drug-likeness (QED) is 0.266. The Hall–Kier alpha value is -2.36. The molecule has 1 aliphatic rings. The van der Waals surface area contributed by atoms with Gasteiger partial charge in [0.15, 0.2) is 10.9 Å². The van der Waals surface area contributed by atoms with Crippen molar-refractivity contribution in [1.82, 2.24) is 15.3 Å². The van der Waals surface area contributed by atoms with E-state index in [-0.39, 0.29) is 18.7 Å². The van der Waals surface area contributed by atoms with Gasteiger partial charge in [-0.05, 0) is 47.3 Å². The van der Waals surface area contributed by atoms with E-state index in [4.69, 9.17) is 9.47 Å². The maximum Gasteiger partial charge on any atom is 0.408 e. The second-order valence-electron chi connectivity index (χ2n) is 9.40. The topological polar surface area (TPSA) is 111 Å². The van der Waals surface area contributed by atoms with Crippen LogP contribution in [0.1, 0.15) is 71.2 Å². The van der Waals surface area contributed by atoms with Crippen molar-refractivity contribution < 1.29 is 23.9 Å². The highest BCUT2D eigenvalue weighted by Gasteiger charge is 2.41. The van der Waals surface area contributed by atoms with E-state index in [1.165, 1.54) is 18.0 Å². The lowest BCUT2D eigenvalue weighted by Gasteiger charge is -2.40. The molecule has 0 saturated carbocycles. The SMILES string of the molecule is CCCCOC(=O)C1CC(=O)c2cnc(SC)nc2N1CC(C)(C)NC(=O)OC(C)(C)C. The molecule has 0 spiro atoms. The van der Waals surface area contributed by atoms with Crippen LogP contribution in [0.3, 0.4) is 0 Å². The molecule has 9 nitrogen and oxygen atoms in total. The third-order valence-corrected chi connectivity index (χ3v) is 5.24. The summed E-state index contributed by atoms with van der Waals surface area (Å²) in [6, 6.07) is -0.837. The Morgan fingerprint density at radius 3 is 2.56 bits per heavy atom. The summed E-state index contributed by atoms with van der Waals surface area (Å²) in [5.74, 6) is -0.314. The number of thioether (sulfide) groups is 1. The van der Waals surface area contributed by atoms with E-state index < -0.39 is 29.2 Å². The maximum atomic E-state index is 12.9. The van der Waals surface area contributed by atoms with E-state index in [0.29, 0.717) is 23.1 Å². The number of rotatable bonds is 8. The van der Waals surface area contributed by atoms with Gasteiger partial charge in [-0.25, -0.2) is 19.6 Å². The monoisotopic (exact) mass is 466 g/mol. The number of ether oxygens (including phenoxy) is 2. The van der Waals surface area contributed by atoms with Crippen molar-refractivity contribution in [2.75, 3.05) is 24.3 Å². The number of carbonyl (C=O) groups is 3. The van der Waals surface area contributed by atoms with Gasteiger partial charge in [-0.1, -0.05) is 25.1 Å². The number of Topliss-reactive ketones (excluding diaryl/α,β-unsaturated/α-hetero) is 1. The Balaban J connectivity index is 2.35. The minimum absolute atomic E-state index is 0.0392. The lowest BCUT2D eigenvalue weighted by Crippen LogP contribution is -2.58. The molecule has 1 amide bonds. The molecule has 1 aliphatic heterocycles. The van der Waals surface area contributed by atoms with Crippen molar-refractivity contribution in [3.63, 3.8) is 0 Å². The molecule has 32 heavy (non-hydrogen) atoms. The molecule has 2 rings (SSSR count). The molecule has 0 bridgehead atoms. The molecule has 1 atom stereocenters. The number of ketones is 1. The molecule has 0 fully saturated rings. The van der Waals surface area contributed by atoms with Gasteiger partial charge in [0.1, 0.15) is 17.5 Å². The zero-order valence-corrected chi connectivity index (χ0v) is 20.8. The second-order valence-corrected chi connectivity index (χ2v) is 10.2. The van der Waals surface area contributed by atoms with E-state index in [1.54, 1.807) is 25.7 Å². The summed E-state index contributed by atoms with van der Waals surface area (Å²) in [6.45, 7) is 11.5. The Bertz CT molecular complexity index is 853. The molecule has 0 radical (unpaired) electrons. The first-order valence-electron chi connectivity index (χ1n) is 10.8. The van der Waals surface area contributed by atoms with Crippen LogP contribution in [-0.2, 0) is 14.3 Å². The van der Waals surface area contributed by atoms with Crippen molar-refractivity contribution >= 4 is 35.4 Å². The van der Waals surface area contributed by atoms with Crippen LogP contribution in [0.2, 0.25) is 0 Å². The number of aromatic nitrogens is 2. The first-order chi connectivity index (χ1) is 14.9. The van der Waals surface area contributed by atoms with Gasteiger partial charge in [0.2, 0.25) is 0 Å². The minimum Gasteiger partial charge on any atom is -0.464 e. The van der Waals surface area contributed by atoms with Gasteiger partial charge < -0.3 is 19.7 Å². The first kappa shape index (κ1) is 25.9. The van der Waals surface area contributed by atoms with Crippen LogP contribution in [0.5, 0.6) is 0 Å². The van der Waals surface area contributed by atoms with Crippen LogP contribution in [-0.4, -0.2) is 64.4 Å². The summed E-state index contributed by atoms with van der Waals surface area (Å²) in [5, 5.41) is 3.34. The van der Waals surface area contributed by atoms with Crippen LogP contribution in [0, 0.1) is 0 Å². The van der Waals surface area contributed by atoms with Crippen molar-refractivity contribution in [2.45, 2.75) is 83.1 Å². The molecule has 0 saturated heterocycles. The fourth-order valence-corrected chi connectivity index (χ4v) is 3.60. The lowest BCUT2D eigenvalue weighted by atomic mass is 9.95. The largest absolute Gasteiger partial charge is 0.464 e. The molecule has 1 aromatic rings.